The summed E-state index contributed by atoms with van der Waals surface area (Å²) in [5, 5.41) is 5.29. The number of aromatic nitrogens is 1. The lowest BCUT2D eigenvalue weighted by molar-refractivity contribution is -0.130. The fourth-order valence-electron chi connectivity index (χ4n) is 2.72. The SMILES string of the molecule is COC(=O)c1nc(NC(=O)C[C@H]2NC(=O)N(Cc3ccccc3)C2=O)sc1C. The molecule has 1 aliphatic rings. The molecule has 2 aromatic rings. The number of rotatable bonds is 6. The standard InChI is InChI=1S/C18H18N4O5S/c1-10-14(16(25)27-2)21-17(28-10)20-13(23)8-12-15(24)22(18(26)19-12)9-11-6-4-3-5-7-11/h3-7,12H,8-9H2,1-2H3,(H,19,26)(H,20,21,23)/t12-/m1/s1. The minimum atomic E-state index is -0.947. The number of urea groups is 1. The van der Waals surface area contributed by atoms with Gasteiger partial charge in [0.2, 0.25) is 5.91 Å². The predicted molar refractivity (Wildman–Crippen MR) is 101 cm³/mol. The summed E-state index contributed by atoms with van der Waals surface area (Å²) < 4.78 is 4.62. The fourth-order valence-corrected chi connectivity index (χ4v) is 3.54. The Morgan fingerprint density at radius 1 is 1.29 bits per heavy atom. The number of imide groups is 1. The van der Waals surface area contributed by atoms with Gasteiger partial charge in [-0.05, 0) is 12.5 Å². The van der Waals surface area contributed by atoms with Gasteiger partial charge >= 0.3 is 12.0 Å². The number of carbonyl (C=O) groups excluding carboxylic acids is 4. The Morgan fingerprint density at radius 3 is 2.68 bits per heavy atom. The van der Waals surface area contributed by atoms with Crippen LogP contribution in [-0.2, 0) is 20.9 Å². The van der Waals surface area contributed by atoms with Gasteiger partial charge in [-0.2, -0.15) is 0 Å². The molecule has 0 saturated carbocycles. The molecule has 0 unspecified atom stereocenters. The number of esters is 1. The fraction of sp³-hybridized carbons (Fsp3) is 0.278. The summed E-state index contributed by atoms with van der Waals surface area (Å²) in [4.78, 5) is 54.1. The van der Waals surface area contributed by atoms with Crippen LogP contribution in [0.1, 0.15) is 27.3 Å². The zero-order valence-corrected chi connectivity index (χ0v) is 16.0. The molecule has 2 N–H and O–H groups in total. The van der Waals surface area contributed by atoms with Crippen LogP contribution >= 0.6 is 11.3 Å². The smallest absolute Gasteiger partial charge is 0.357 e. The first-order valence-electron chi connectivity index (χ1n) is 8.40. The molecule has 28 heavy (non-hydrogen) atoms. The van der Waals surface area contributed by atoms with E-state index in [2.05, 4.69) is 20.4 Å². The summed E-state index contributed by atoms with van der Waals surface area (Å²) >= 11 is 1.12. The zero-order chi connectivity index (χ0) is 20.3. The van der Waals surface area contributed by atoms with Crippen LogP contribution in [0, 0.1) is 6.92 Å². The highest BCUT2D eigenvalue weighted by atomic mass is 32.1. The Bertz CT molecular complexity index is 927. The lowest BCUT2D eigenvalue weighted by Gasteiger charge is -2.12. The molecule has 1 aromatic carbocycles. The highest BCUT2D eigenvalue weighted by Gasteiger charge is 2.39. The van der Waals surface area contributed by atoms with E-state index >= 15 is 0 Å². The Hall–Kier alpha value is -3.27. The van der Waals surface area contributed by atoms with Crippen molar-refractivity contribution in [2.75, 3.05) is 12.4 Å². The first-order valence-corrected chi connectivity index (χ1v) is 9.22. The second kappa shape index (κ2) is 8.17. The summed E-state index contributed by atoms with van der Waals surface area (Å²) in [5.41, 5.74) is 0.937. The third kappa shape index (κ3) is 4.17. The normalized spacial score (nSPS) is 16.1. The van der Waals surface area contributed by atoms with Crippen molar-refractivity contribution in [1.82, 2.24) is 15.2 Å². The first-order chi connectivity index (χ1) is 13.4. The average Bonchev–Trinajstić information content (AvgIpc) is 3.16. The molecule has 0 aliphatic carbocycles. The van der Waals surface area contributed by atoms with Gasteiger partial charge in [0.1, 0.15) is 6.04 Å². The van der Waals surface area contributed by atoms with Crippen molar-refractivity contribution >= 4 is 40.3 Å². The molecule has 0 spiro atoms. The number of hydrogen-bond acceptors (Lipinski definition) is 7. The van der Waals surface area contributed by atoms with E-state index in [9.17, 15) is 19.2 Å². The molecule has 2 heterocycles. The largest absolute Gasteiger partial charge is 0.464 e. The Labute approximate surface area is 164 Å². The average molecular weight is 402 g/mol. The first kappa shape index (κ1) is 19.5. The molecule has 1 saturated heterocycles. The van der Waals surface area contributed by atoms with Crippen molar-refractivity contribution in [2.24, 2.45) is 0 Å². The van der Waals surface area contributed by atoms with Crippen molar-refractivity contribution in [2.45, 2.75) is 25.9 Å². The molecule has 1 aromatic heterocycles. The van der Waals surface area contributed by atoms with Gasteiger partial charge in [0, 0.05) is 4.88 Å². The van der Waals surface area contributed by atoms with Crippen LogP contribution in [0.25, 0.3) is 0 Å². The molecule has 4 amide bonds. The molecule has 0 bridgehead atoms. The van der Waals surface area contributed by atoms with Gasteiger partial charge in [-0.25, -0.2) is 14.6 Å². The molecule has 1 fully saturated rings. The van der Waals surface area contributed by atoms with Gasteiger partial charge < -0.3 is 15.4 Å². The number of hydrogen-bond donors (Lipinski definition) is 2. The quantitative estimate of drug-likeness (QED) is 0.561. The van der Waals surface area contributed by atoms with E-state index in [0.29, 0.717) is 4.88 Å². The molecule has 1 aliphatic heterocycles. The van der Waals surface area contributed by atoms with Crippen LogP contribution in [0.5, 0.6) is 0 Å². The Balaban J connectivity index is 1.61. The minimum absolute atomic E-state index is 0.127. The lowest BCUT2D eigenvalue weighted by Crippen LogP contribution is -2.34. The molecule has 3 rings (SSSR count). The van der Waals surface area contributed by atoms with E-state index in [1.54, 1.807) is 6.92 Å². The number of amides is 4. The molecule has 146 valence electrons. The van der Waals surface area contributed by atoms with Crippen LogP contribution in [-0.4, -0.2) is 46.9 Å². The highest BCUT2D eigenvalue weighted by Crippen LogP contribution is 2.23. The lowest BCUT2D eigenvalue weighted by atomic mass is 10.2. The molecular weight excluding hydrogens is 384 g/mol. The van der Waals surface area contributed by atoms with E-state index in [1.165, 1.54) is 7.11 Å². The van der Waals surface area contributed by atoms with Gasteiger partial charge in [0.15, 0.2) is 10.8 Å². The molecular formula is C18H18N4O5S. The van der Waals surface area contributed by atoms with Gasteiger partial charge in [-0.3, -0.25) is 14.5 Å². The summed E-state index contributed by atoms with van der Waals surface area (Å²) in [6.45, 7) is 1.82. The number of methoxy groups -OCH3 is 1. The van der Waals surface area contributed by atoms with Crippen molar-refractivity contribution < 1.29 is 23.9 Å². The minimum Gasteiger partial charge on any atom is -0.464 e. The van der Waals surface area contributed by atoms with Crippen molar-refractivity contribution in [1.29, 1.82) is 0 Å². The zero-order valence-electron chi connectivity index (χ0n) is 15.2. The van der Waals surface area contributed by atoms with Crippen molar-refractivity contribution in [3.8, 4) is 0 Å². The second-order valence-electron chi connectivity index (χ2n) is 6.08. The van der Waals surface area contributed by atoms with E-state index in [-0.39, 0.29) is 23.8 Å². The van der Waals surface area contributed by atoms with Crippen molar-refractivity contribution in [3.63, 3.8) is 0 Å². The monoisotopic (exact) mass is 402 g/mol. The van der Waals surface area contributed by atoms with E-state index < -0.39 is 29.9 Å². The Morgan fingerprint density at radius 2 is 2.00 bits per heavy atom. The van der Waals surface area contributed by atoms with E-state index in [4.69, 9.17) is 0 Å². The van der Waals surface area contributed by atoms with Crippen LogP contribution in [0.15, 0.2) is 30.3 Å². The van der Waals surface area contributed by atoms with E-state index in [1.807, 2.05) is 30.3 Å². The number of ether oxygens (including phenoxy) is 1. The maximum atomic E-state index is 12.5. The van der Waals surface area contributed by atoms with Gasteiger partial charge in [0.05, 0.1) is 20.1 Å². The van der Waals surface area contributed by atoms with Crippen LogP contribution in [0.2, 0.25) is 0 Å². The van der Waals surface area contributed by atoms with Crippen LogP contribution < -0.4 is 10.6 Å². The maximum absolute atomic E-state index is 12.5. The molecule has 10 heteroatoms. The number of thiazole rings is 1. The number of anilines is 1. The molecule has 9 nitrogen and oxygen atoms in total. The number of nitrogens with zero attached hydrogens (tertiary/aromatic N) is 2. The topological polar surface area (TPSA) is 118 Å². The predicted octanol–water partition coefficient (Wildman–Crippen LogP) is 1.69. The molecule has 0 radical (unpaired) electrons. The van der Waals surface area contributed by atoms with E-state index in [0.717, 1.165) is 21.8 Å². The Kier molecular flexibility index (Phi) is 5.69. The third-order valence-corrected chi connectivity index (χ3v) is 4.99. The summed E-state index contributed by atoms with van der Waals surface area (Å²) in [7, 11) is 1.24. The maximum Gasteiger partial charge on any atom is 0.357 e. The third-order valence-electron chi connectivity index (χ3n) is 4.10. The van der Waals surface area contributed by atoms with Gasteiger partial charge in [-0.1, -0.05) is 30.3 Å². The number of aryl methyl sites for hydroxylation is 1. The summed E-state index contributed by atoms with van der Waals surface area (Å²) in [6.07, 6.45) is -0.234. The van der Waals surface area contributed by atoms with Crippen LogP contribution in [0.4, 0.5) is 9.93 Å². The van der Waals surface area contributed by atoms with Crippen LogP contribution in [0.3, 0.4) is 0 Å². The van der Waals surface area contributed by atoms with Crippen molar-refractivity contribution in [3.05, 3.63) is 46.5 Å². The second-order valence-corrected chi connectivity index (χ2v) is 7.28. The highest BCUT2D eigenvalue weighted by molar-refractivity contribution is 7.16. The number of benzene rings is 1. The van der Waals surface area contributed by atoms with Gasteiger partial charge in [0.25, 0.3) is 5.91 Å². The summed E-state index contributed by atoms with van der Waals surface area (Å²) in [5.74, 6) is -1.55. The van der Waals surface area contributed by atoms with Gasteiger partial charge in [-0.15, -0.1) is 11.3 Å². The molecule has 1 atom stereocenters. The number of carbonyl (C=O) groups is 4. The summed E-state index contributed by atoms with van der Waals surface area (Å²) in [6, 6.07) is 7.61. The number of nitrogens with one attached hydrogen (secondary N) is 2.